The van der Waals surface area contributed by atoms with Gasteiger partial charge in [0.1, 0.15) is 28.5 Å². The molecule has 0 saturated heterocycles. The topological polar surface area (TPSA) is 116 Å². The molecule has 0 bridgehead atoms. The monoisotopic (exact) mass is 706 g/mol. The number of aromatic amines is 2. The highest BCUT2D eigenvalue weighted by Crippen LogP contribution is 2.38. The van der Waals surface area contributed by atoms with E-state index >= 15 is 0 Å². The van der Waals surface area contributed by atoms with Gasteiger partial charge in [0.05, 0.1) is 29.3 Å². The summed E-state index contributed by atoms with van der Waals surface area (Å²) in [5.74, 6) is -6.70. The standard InChI is InChI=1S/2C17H18F3N3O2/c1-17(2,3)25-16(24)23-5-4-9-14(8-23)21-22-15(9)10-6-12(19)13(20)7-11(10)18;1-17(2,3)25-16(24)23-6-4-5-13-15(23)14(22-21-13)9-7-11(19)12(20)8-10(9)18/h6-7H,4-5,8H2,1-3H3,(H,21,22);7-8H,4-6H2,1-3H3,(H,21,22). The molecule has 2 aromatic carbocycles. The van der Waals surface area contributed by atoms with Crippen LogP contribution >= 0.6 is 0 Å². The summed E-state index contributed by atoms with van der Waals surface area (Å²) >= 11 is 0. The van der Waals surface area contributed by atoms with Crippen LogP contribution in [0.5, 0.6) is 0 Å². The highest BCUT2D eigenvalue weighted by Gasteiger charge is 2.33. The molecule has 2 aromatic heterocycles. The Labute approximate surface area is 283 Å². The van der Waals surface area contributed by atoms with Crippen LogP contribution in [0.4, 0.5) is 41.6 Å². The van der Waals surface area contributed by atoms with Crippen LogP contribution < -0.4 is 4.90 Å². The Morgan fingerprint density at radius 2 is 1.16 bits per heavy atom. The molecule has 6 rings (SSSR count). The number of anilines is 1. The highest BCUT2D eigenvalue weighted by molar-refractivity contribution is 5.94. The first-order chi connectivity index (χ1) is 23.3. The second-order valence-corrected chi connectivity index (χ2v) is 13.8. The third-order valence-corrected chi connectivity index (χ3v) is 7.62. The van der Waals surface area contributed by atoms with Crippen molar-refractivity contribution >= 4 is 17.9 Å². The van der Waals surface area contributed by atoms with E-state index in [1.54, 1.807) is 41.5 Å². The molecule has 0 fully saturated rings. The number of halogens is 6. The van der Waals surface area contributed by atoms with E-state index in [1.165, 1.54) is 9.80 Å². The van der Waals surface area contributed by atoms with Gasteiger partial charge >= 0.3 is 12.2 Å². The predicted octanol–water partition coefficient (Wildman–Crippen LogP) is 7.97. The van der Waals surface area contributed by atoms with E-state index in [0.29, 0.717) is 67.1 Å². The molecule has 0 spiro atoms. The number of ether oxygens (including phenoxy) is 2. The molecule has 4 aromatic rings. The number of amides is 2. The first-order valence-corrected chi connectivity index (χ1v) is 15.7. The lowest BCUT2D eigenvalue weighted by atomic mass is 9.99. The maximum atomic E-state index is 14.2. The predicted molar refractivity (Wildman–Crippen MR) is 170 cm³/mol. The number of benzene rings is 2. The summed E-state index contributed by atoms with van der Waals surface area (Å²) in [5.41, 5.74) is 0.917. The minimum absolute atomic E-state index is 0.0527. The largest absolute Gasteiger partial charge is 0.444 e. The number of H-pyrrole nitrogens is 2. The molecule has 4 heterocycles. The lowest BCUT2D eigenvalue weighted by Gasteiger charge is -2.30. The van der Waals surface area contributed by atoms with Gasteiger partial charge in [0, 0.05) is 41.9 Å². The summed E-state index contributed by atoms with van der Waals surface area (Å²) in [6, 6.07) is 2.50. The van der Waals surface area contributed by atoms with Crippen molar-refractivity contribution in [3.8, 4) is 22.5 Å². The summed E-state index contributed by atoms with van der Waals surface area (Å²) in [6.45, 7) is 11.5. The zero-order chi connectivity index (χ0) is 36.7. The van der Waals surface area contributed by atoms with Gasteiger partial charge in [-0.1, -0.05) is 0 Å². The van der Waals surface area contributed by atoms with Crippen molar-refractivity contribution in [2.75, 3.05) is 18.0 Å². The number of aromatic nitrogens is 4. The minimum atomic E-state index is -1.28. The van der Waals surface area contributed by atoms with Crippen LogP contribution in [0.15, 0.2) is 24.3 Å². The number of fused-ring (bicyclic) bond motifs is 2. The van der Waals surface area contributed by atoms with E-state index in [9.17, 15) is 35.9 Å². The molecule has 0 atom stereocenters. The first-order valence-electron chi connectivity index (χ1n) is 15.7. The second kappa shape index (κ2) is 13.7. The zero-order valence-electron chi connectivity index (χ0n) is 28.2. The molecule has 0 unspecified atom stereocenters. The number of nitrogens with one attached hydrogen (secondary N) is 2. The van der Waals surface area contributed by atoms with Crippen LogP contribution in [0.1, 0.15) is 64.9 Å². The molecular formula is C34H36F6N6O4. The van der Waals surface area contributed by atoms with Gasteiger partial charge in [-0.15, -0.1) is 0 Å². The van der Waals surface area contributed by atoms with Crippen LogP contribution in [0.3, 0.4) is 0 Å². The van der Waals surface area contributed by atoms with Crippen molar-refractivity contribution in [2.45, 2.75) is 78.6 Å². The number of rotatable bonds is 2. The van der Waals surface area contributed by atoms with Crippen molar-refractivity contribution in [1.29, 1.82) is 0 Å². The fraction of sp³-hybridized carbons (Fsp3) is 0.412. The van der Waals surface area contributed by atoms with Gasteiger partial charge in [-0.2, -0.15) is 10.2 Å². The van der Waals surface area contributed by atoms with Crippen molar-refractivity contribution < 1.29 is 45.4 Å². The lowest BCUT2D eigenvalue weighted by Crippen LogP contribution is -2.39. The van der Waals surface area contributed by atoms with Crippen LogP contribution in [-0.4, -0.2) is 61.8 Å². The Morgan fingerprint density at radius 1 is 0.660 bits per heavy atom. The molecule has 2 aliphatic rings. The molecule has 16 heteroatoms. The summed E-state index contributed by atoms with van der Waals surface area (Å²) < 4.78 is 92.2. The molecule has 268 valence electrons. The fourth-order valence-corrected chi connectivity index (χ4v) is 5.48. The Hall–Kier alpha value is -5.02. The van der Waals surface area contributed by atoms with Gasteiger partial charge < -0.3 is 14.4 Å². The Kier molecular flexibility index (Phi) is 9.94. The Balaban J connectivity index is 0.000000194. The first kappa shape index (κ1) is 36.3. The van der Waals surface area contributed by atoms with E-state index < -0.39 is 58.3 Å². The average molecular weight is 707 g/mol. The summed E-state index contributed by atoms with van der Waals surface area (Å²) in [7, 11) is 0. The Bertz CT molecular complexity index is 1930. The quantitative estimate of drug-likeness (QED) is 0.161. The highest BCUT2D eigenvalue weighted by atomic mass is 19.2. The fourth-order valence-electron chi connectivity index (χ4n) is 5.48. The van der Waals surface area contributed by atoms with Crippen molar-refractivity contribution in [1.82, 2.24) is 25.3 Å². The summed E-state index contributed by atoms with van der Waals surface area (Å²) in [6.07, 6.45) is 0.632. The number of aryl methyl sites for hydroxylation is 1. The van der Waals surface area contributed by atoms with Gasteiger partial charge in [0.2, 0.25) is 0 Å². The summed E-state index contributed by atoms with van der Waals surface area (Å²) in [5, 5.41) is 13.6. The molecule has 2 aliphatic heterocycles. The second-order valence-electron chi connectivity index (χ2n) is 13.8. The maximum absolute atomic E-state index is 14.2. The van der Waals surface area contributed by atoms with Gasteiger partial charge in [0.15, 0.2) is 23.3 Å². The molecule has 0 aliphatic carbocycles. The average Bonchev–Trinajstić information content (AvgIpc) is 3.64. The van der Waals surface area contributed by atoms with Gasteiger partial charge in [-0.25, -0.2) is 35.9 Å². The third-order valence-electron chi connectivity index (χ3n) is 7.62. The smallest absolute Gasteiger partial charge is 0.414 e. The van der Waals surface area contributed by atoms with Gasteiger partial charge in [-0.05, 0) is 72.9 Å². The van der Waals surface area contributed by atoms with Crippen LogP contribution in [-0.2, 0) is 28.9 Å². The molecular weight excluding hydrogens is 670 g/mol. The van der Waals surface area contributed by atoms with E-state index in [1.807, 2.05) is 0 Å². The van der Waals surface area contributed by atoms with E-state index in [2.05, 4.69) is 20.4 Å². The summed E-state index contributed by atoms with van der Waals surface area (Å²) in [4.78, 5) is 27.5. The molecule has 10 nitrogen and oxygen atoms in total. The van der Waals surface area contributed by atoms with Crippen LogP contribution in [0.2, 0.25) is 0 Å². The number of hydrogen-bond donors (Lipinski definition) is 2. The van der Waals surface area contributed by atoms with Gasteiger partial charge in [-0.3, -0.25) is 15.1 Å². The van der Waals surface area contributed by atoms with E-state index in [-0.39, 0.29) is 29.1 Å². The Morgan fingerprint density at radius 3 is 1.74 bits per heavy atom. The zero-order valence-corrected chi connectivity index (χ0v) is 28.2. The number of nitrogens with zero attached hydrogens (tertiary/aromatic N) is 4. The van der Waals surface area contributed by atoms with E-state index in [0.717, 1.165) is 12.1 Å². The minimum Gasteiger partial charge on any atom is -0.444 e. The van der Waals surface area contributed by atoms with Crippen molar-refractivity contribution in [3.05, 3.63) is 76.1 Å². The molecule has 50 heavy (non-hydrogen) atoms. The van der Waals surface area contributed by atoms with Crippen LogP contribution in [0, 0.1) is 34.9 Å². The number of carbonyl (C=O) groups is 2. The molecule has 0 radical (unpaired) electrons. The molecule has 2 amide bonds. The number of carbonyl (C=O) groups excluding carboxylic acids is 2. The lowest BCUT2D eigenvalue weighted by molar-refractivity contribution is 0.0221. The van der Waals surface area contributed by atoms with E-state index in [4.69, 9.17) is 9.47 Å². The van der Waals surface area contributed by atoms with Crippen molar-refractivity contribution in [3.63, 3.8) is 0 Å². The van der Waals surface area contributed by atoms with Crippen LogP contribution in [0.25, 0.3) is 22.5 Å². The molecule has 0 saturated carbocycles. The molecule has 2 N–H and O–H groups in total. The van der Waals surface area contributed by atoms with Crippen molar-refractivity contribution in [2.24, 2.45) is 0 Å². The SMILES string of the molecule is CC(C)(C)OC(=O)N1CCCc2[nH]nc(-c3cc(F)c(F)cc3F)c21.CC(C)(C)OC(=O)N1CCc2c(-c3cc(F)c(F)cc3F)n[nH]c2C1. The third kappa shape index (κ3) is 7.89. The number of hydrogen-bond acceptors (Lipinski definition) is 6. The van der Waals surface area contributed by atoms with Gasteiger partial charge in [0.25, 0.3) is 0 Å². The normalized spacial score (nSPS) is 14.4. The maximum Gasteiger partial charge on any atom is 0.414 e.